The van der Waals surface area contributed by atoms with E-state index in [0.717, 1.165) is 6.42 Å². The van der Waals surface area contributed by atoms with Crippen molar-refractivity contribution in [1.29, 1.82) is 0 Å². The minimum absolute atomic E-state index is 0.614. The predicted molar refractivity (Wildman–Crippen MR) is 60.6 cm³/mol. The van der Waals surface area contributed by atoms with Crippen molar-refractivity contribution in [3.05, 3.63) is 22.9 Å². The number of allylic oxidation sites excluding steroid dienone is 4. The Morgan fingerprint density at radius 1 is 1.31 bits per heavy atom. The minimum atomic E-state index is 0.614. The lowest BCUT2D eigenvalue weighted by Crippen LogP contribution is -2.08. The van der Waals surface area contributed by atoms with Gasteiger partial charge in [0.2, 0.25) is 0 Å². The molecule has 0 bridgehead atoms. The quantitative estimate of drug-likeness (QED) is 0.655. The van der Waals surface area contributed by atoms with Crippen LogP contribution < -0.4 is 5.32 Å². The van der Waals surface area contributed by atoms with Gasteiger partial charge in [0.15, 0.2) is 0 Å². The predicted octanol–water partition coefficient (Wildman–Crippen LogP) is 3.49. The molecule has 0 atom stereocenters. The van der Waals surface area contributed by atoms with Gasteiger partial charge >= 0.3 is 0 Å². The molecule has 0 heterocycles. The molecule has 0 aliphatic heterocycles. The Kier molecular flexibility index (Phi) is 5.52. The Balaban J connectivity index is 4.87. The topological polar surface area (TPSA) is 12.0 Å². The first-order chi connectivity index (χ1) is 6.04. The van der Waals surface area contributed by atoms with Crippen LogP contribution in [0.2, 0.25) is 0 Å². The summed E-state index contributed by atoms with van der Waals surface area (Å²) >= 11 is 0. The number of hydrogen-bond donors (Lipinski definition) is 1. The lowest BCUT2D eigenvalue weighted by Gasteiger charge is -2.15. The van der Waals surface area contributed by atoms with Gasteiger partial charge in [0.1, 0.15) is 0 Å². The van der Waals surface area contributed by atoms with Crippen molar-refractivity contribution in [3.8, 4) is 0 Å². The van der Waals surface area contributed by atoms with Gasteiger partial charge in [-0.3, -0.25) is 0 Å². The summed E-state index contributed by atoms with van der Waals surface area (Å²) in [4.78, 5) is 0. The maximum absolute atomic E-state index is 3.20. The van der Waals surface area contributed by atoms with E-state index in [1.165, 1.54) is 16.8 Å². The van der Waals surface area contributed by atoms with Crippen LogP contribution in [0.1, 0.15) is 41.0 Å². The zero-order chi connectivity index (χ0) is 10.4. The lowest BCUT2D eigenvalue weighted by molar-refractivity contribution is 0.762. The summed E-state index contributed by atoms with van der Waals surface area (Å²) in [6.45, 7) is 11.0. The molecule has 0 aromatic rings. The van der Waals surface area contributed by atoms with Gasteiger partial charge < -0.3 is 5.32 Å². The van der Waals surface area contributed by atoms with E-state index in [0.29, 0.717) is 5.92 Å². The second-order valence-electron chi connectivity index (χ2n) is 3.72. The summed E-state index contributed by atoms with van der Waals surface area (Å²) in [7, 11) is 1.97. The monoisotopic (exact) mass is 181 g/mol. The molecule has 0 aliphatic rings. The van der Waals surface area contributed by atoms with Crippen LogP contribution in [0.4, 0.5) is 0 Å². The van der Waals surface area contributed by atoms with Crippen LogP contribution >= 0.6 is 0 Å². The molecule has 0 aromatic heterocycles. The normalized spacial score (nSPS) is 14.5. The van der Waals surface area contributed by atoms with Gasteiger partial charge in [-0.1, -0.05) is 26.8 Å². The molecule has 0 aliphatic carbocycles. The molecule has 0 saturated carbocycles. The SMILES string of the molecule is CC/C=C(\C(C)=C(/C)NC)C(C)C. The summed E-state index contributed by atoms with van der Waals surface area (Å²) in [5.41, 5.74) is 4.13. The summed E-state index contributed by atoms with van der Waals surface area (Å²) in [5, 5.41) is 3.20. The molecule has 0 aromatic carbocycles. The molecule has 0 radical (unpaired) electrons. The maximum Gasteiger partial charge on any atom is 0.0105 e. The lowest BCUT2D eigenvalue weighted by atomic mass is 9.94. The number of rotatable bonds is 4. The Morgan fingerprint density at radius 3 is 2.15 bits per heavy atom. The average molecular weight is 181 g/mol. The zero-order valence-electron chi connectivity index (χ0n) is 9.86. The Morgan fingerprint density at radius 2 is 1.85 bits per heavy atom. The fourth-order valence-electron chi connectivity index (χ4n) is 1.45. The van der Waals surface area contributed by atoms with Gasteiger partial charge in [0.05, 0.1) is 0 Å². The molecule has 0 spiro atoms. The highest BCUT2D eigenvalue weighted by Gasteiger charge is 2.06. The van der Waals surface area contributed by atoms with Gasteiger partial charge in [-0.15, -0.1) is 0 Å². The van der Waals surface area contributed by atoms with Gasteiger partial charge in [-0.25, -0.2) is 0 Å². The summed E-state index contributed by atoms with van der Waals surface area (Å²) in [6, 6.07) is 0. The van der Waals surface area contributed by atoms with Gasteiger partial charge in [-0.05, 0) is 37.3 Å². The van der Waals surface area contributed by atoms with Crippen LogP contribution in [0.25, 0.3) is 0 Å². The van der Waals surface area contributed by atoms with E-state index in [4.69, 9.17) is 0 Å². The van der Waals surface area contributed by atoms with Crippen molar-refractivity contribution >= 4 is 0 Å². The van der Waals surface area contributed by atoms with Gasteiger partial charge in [0, 0.05) is 12.7 Å². The van der Waals surface area contributed by atoms with Crippen molar-refractivity contribution in [1.82, 2.24) is 5.32 Å². The van der Waals surface area contributed by atoms with E-state index >= 15 is 0 Å². The molecular weight excluding hydrogens is 158 g/mol. The van der Waals surface area contributed by atoms with Crippen molar-refractivity contribution in [3.63, 3.8) is 0 Å². The summed E-state index contributed by atoms with van der Waals surface area (Å²) < 4.78 is 0. The molecular formula is C12H23N. The maximum atomic E-state index is 3.20. The summed E-state index contributed by atoms with van der Waals surface area (Å²) in [5.74, 6) is 0.614. The van der Waals surface area contributed by atoms with E-state index in [2.05, 4.69) is 46.0 Å². The smallest absolute Gasteiger partial charge is 0.0105 e. The second kappa shape index (κ2) is 5.85. The van der Waals surface area contributed by atoms with E-state index in [-0.39, 0.29) is 0 Å². The van der Waals surface area contributed by atoms with Crippen LogP contribution in [0.15, 0.2) is 22.9 Å². The van der Waals surface area contributed by atoms with E-state index in [1.807, 2.05) is 7.05 Å². The third-order valence-corrected chi connectivity index (χ3v) is 2.42. The Bertz CT molecular complexity index is 209. The molecule has 1 N–H and O–H groups in total. The average Bonchev–Trinajstić information content (AvgIpc) is 2.11. The second-order valence-corrected chi connectivity index (χ2v) is 3.72. The Hall–Kier alpha value is -0.720. The molecule has 76 valence electrons. The molecule has 1 heteroatoms. The largest absolute Gasteiger partial charge is 0.391 e. The molecule has 0 amide bonds. The van der Waals surface area contributed by atoms with Gasteiger partial charge in [0.25, 0.3) is 0 Å². The number of nitrogens with one attached hydrogen (secondary N) is 1. The van der Waals surface area contributed by atoms with E-state index < -0.39 is 0 Å². The highest BCUT2D eigenvalue weighted by Crippen LogP contribution is 2.21. The van der Waals surface area contributed by atoms with Crippen molar-refractivity contribution in [2.45, 2.75) is 41.0 Å². The van der Waals surface area contributed by atoms with Gasteiger partial charge in [-0.2, -0.15) is 0 Å². The van der Waals surface area contributed by atoms with E-state index in [9.17, 15) is 0 Å². The van der Waals surface area contributed by atoms with E-state index in [1.54, 1.807) is 0 Å². The fraction of sp³-hybridized carbons (Fsp3) is 0.667. The first kappa shape index (κ1) is 12.3. The molecule has 13 heavy (non-hydrogen) atoms. The molecule has 0 rings (SSSR count). The van der Waals surface area contributed by atoms with Crippen molar-refractivity contribution in [2.24, 2.45) is 5.92 Å². The fourth-order valence-corrected chi connectivity index (χ4v) is 1.45. The van der Waals surface area contributed by atoms with Crippen LogP contribution in [0.5, 0.6) is 0 Å². The molecule has 0 saturated heterocycles. The van der Waals surface area contributed by atoms with Crippen molar-refractivity contribution in [2.75, 3.05) is 7.05 Å². The van der Waals surface area contributed by atoms with Crippen LogP contribution in [0.3, 0.4) is 0 Å². The third-order valence-electron chi connectivity index (χ3n) is 2.42. The highest BCUT2D eigenvalue weighted by atomic mass is 14.8. The molecule has 1 nitrogen and oxygen atoms in total. The third kappa shape index (κ3) is 3.67. The first-order valence-electron chi connectivity index (χ1n) is 5.10. The van der Waals surface area contributed by atoms with Crippen LogP contribution in [-0.2, 0) is 0 Å². The first-order valence-corrected chi connectivity index (χ1v) is 5.10. The summed E-state index contributed by atoms with van der Waals surface area (Å²) in [6.07, 6.45) is 3.43. The number of hydrogen-bond acceptors (Lipinski definition) is 1. The standard InChI is InChI=1S/C12H23N/c1-7-8-12(9(2)3)10(4)11(5)13-6/h8-9,13H,7H2,1-6H3/b11-10+,12-8-. The van der Waals surface area contributed by atoms with Crippen LogP contribution in [-0.4, -0.2) is 7.05 Å². The van der Waals surface area contributed by atoms with Crippen molar-refractivity contribution < 1.29 is 0 Å². The minimum Gasteiger partial charge on any atom is -0.391 e. The molecule has 0 fully saturated rings. The zero-order valence-corrected chi connectivity index (χ0v) is 9.86. The van der Waals surface area contributed by atoms with Crippen LogP contribution in [0, 0.1) is 5.92 Å². The molecule has 0 unspecified atom stereocenters. The highest BCUT2D eigenvalue weighted by molar-refractivity contribution is 5.33. The Labute approximate surface area is 82.9 Å².